The Bertz CT molecular complexity index is 1360. The van der Waals surface area contributed by atoms with Gasteiger partial charge in [0, 0.05) is 37.2 Å². The van der Waals surface area contributed by atoms with E-state index in [1.165, 1.54) is 22.3 Å². The Kier molecular flexibility index (Phi) is 8.64. The Hall–Kier alpha value is -3.22. The number of carbonyl (C=O) groups is 2. The standard InChI is InChI=1S/C36H44N2O4/c1-3-9-27-21-29-34(30-23-42-32(33(27)30)15-14-24(2)20-26-12-7-8-13-31(26)39)36(41)38(35(29)40)28-16-18-37(19-17-28)22-25-10-5-4-6-11-25/h4-8,10-13,20,28-30,32,34,39H,3,9,14-19,21-23H2,1-2H3/b24-20+/t29-,30+,32-,34-/m1/s1. The lowest BCUT2D eigenvalue weighted by Gasteiger charge is -2.36. The fraction of sp³-hybridized carbons (Fsp3) is 0.500. The molecule has 4 aliphatic rings. The Morgan fingerprint density at radius 3 is 2.48 bits per heavy atom. The summed E-state index contributed by atoms with van der Waals surface area (Å²) in [6.45, 7) is 7.53. The molecule has 0 spiro atoms. The smallest absolute Gasteiger partial charge is 0.234 e. The van der Waals surface area contributed by atoms with Gasteiger partial charge in [-0.05, 0) is 62.7 Å². The molecule has 1 aliphatic carbocycles. The lowest BCUT2D eigenvalue weighted by molar-refractivity contribution is -0.144. The van der Waals surface area contributed by atoms with Crippen LogP contribution in [0.5, 0.6) is 5.75 Å². The van der Waals surface area contributed by atoms with Crippen LogP contribution < -0.4 is 0 Å². The van der Waals surface area contributed by atoms with Crippen molar-refractivity contribution < 1.29 is 19.4 Å². The van der Waals surface area contributed by atoms with Crippen LogP contribution in [0.25, 0.3) is 6.08 Å². The molecule has 0 aromatic heterocycles. The highest BCUT2D eigenvalue weighted by atomic mass is 16.5. The van der Waals surface area contributed by atoms with Crippen molar-refractivity contribution in [3.63, 3.8) is 0 Å². The molecule has 6 heteroatoms. The van der Waals surface area contributed by atoms with Crippen LogP contribution in [0.1, 0.15) is 69.9 Å². The Labute approximate surface area is 250 Å². The van der Waals surface area contributed by atoms with E-state index >= 15 is 0 Å². The number of allylic oxidation sites excluding steroid dienone is 2. The first-order chi connectivity index (χ1) is 20.4. The quantitative estimate of drug-likeness (QED) is 0.282. The van der Waals surface area contributed by atoms with E-state index in [1.54, 1.807) is 11.0 Å². The summed E-state index contributed by atoms with van der Waals surface area (Å²) >= 11 is 0. The molecule has 0 unspecified atom stereocenters. The summed E-state index contributed by atoms with van der Waals surface area (Å²) in [5.41, 5.74) is 5.99. The SMILES string of the molecule is CCCC1=C2[C@@H](CC/C(C)=C/c3ccccc3O)OC[C@@H]2[C@@H]2C(=O)N(C3CCN(Cc4ccccc4)CC3)C(=O)[C@@H]2C1. The maximum absolute atomic E-state index is 14.0. The number of rotatable bonds is 9. The Morgan fingerprint density at radius 2 is 1.74 bits per heavy atom. The van der Waals surface area contributed by atoms with Gasteiger partial charge in [0.1, 0.15) is 5.75 Å². The number of imide groups is 1. The minimum absolute atomic E-state index is 0.000932. The van der Waals surface area contributed by atoms with Crippen LogP contribution in [-0.2, 0) is 20.9 Å². The van der Waals surface area contributed by atoms with Gasteiger partial charge in [-0.15, -0.1) is 0 Å². The number of carbonyl (C=O) groups excluding carboxylic acids is 2. The molecule has 3 saturated heterocycles. The van der Waals surface area contributed by atoms with Crippen molar-refractivity contribution in [2.75, 3.05) is 19.7 Å². The van der Waals surface area contributed by atoms with E-state index in [0.29, 0.717) is 13.0 Å². The summed E-state index contributed by atoms with van der Waals surface area (Å²) in [5, 5.41) is 10.2. The molecule has 222 valence electrons. The molecule has 2 aromatic carbocycles. The lowest BCUT2D eigenvalue weighted by atomic mass is 9.68. The van der Waals surface area contributed by atoms with Crippen LogP contribution in [-0.4, -0.2) is 58.6 Å². The van der Waals surface area contributed by atoms with E-state index in [-0.39, 0.29) is 47.5 Å². The zero-order valence-corrected chi connectivity index (χ0v) is 25.0. The third-order valence-corrected chi connectivity index (χ3v) is 9.90. The highest BCUT2D eigenvalue weighted by Crippen LogP contribution is 2.51. The zero-order chi connectivity index (χ0) is 29.2. The molecule has 1 N–H and O–H groups in total. The zero-order valence-electron chi connectivity index (χ0n) is 25.0. The number of nitrogens with zero attached hydrogens (tertiary/aromatic N) is 2. The van der Waals surface area contributed by atoms with E-state index in [9.17, 15) is 14.7 Å². The average Bonchev–Trinajstić information content (AvgIpc) is 3.53. The first-order valence-corrected chi connectivity index (χ1v) is 15.9. The van der Waals surface area contributed by atoms with Crippen molar-refractivity contribution in [3.8, 4) is 5.75 Å². The van der Waals surface area contributed by atoms with Gasteiger partial charge < -0.3 is 9.84 Å². The average molecular weight is 569 g/mol. The van der Waals surface area contributed by atoms with Crippen LogP contribution in [0.4, 0.5) is 0 Å². The van der Waals surface area contributed by atoms with Crippen LogP contribution >= 0.6 is 0 Å². The summed E-state index contributed by atoms with van der Waals surface area (Å²) in [5.74, 6) is -0.111. The lowest BCUT2D eigenvalue weighted by Crippen LogP contribution is -2.47. The molecule has 6 nitrogen and oxygen atoms in total. The molecule has 0 bridgehead atoms. The monoisotopic (exact) mass is 568 g/mol. The number of aromatic hydroxyl groups is 1. The molecule has 3 aliphatic heterocycles. The molecule has 3 fully saturated rings. The molecular weight excluding hydrogens is 524 g/mol. The first kappa shape index (κ1) is 28.9. The Balaban J connectivity index is 1.13. The first-order valence-electron chi connectivity index (χ1n) is 15.9. The fourth-order valence-corrected chi connectivity index (χ4v) is 7.88. The van der Waals surface area contributed by atoms with Gasteiger partial charge in [-0.3, -0.25) is 19.4 Å². The van der Waals surface area contributed by atoms with Gasteiger partial charge in [0.2, 0.25) is 11.8 Å². The molecule has 0 radical (unpaired) electrons. The maximum atomic E-state index is 14.0. The predicted molar refractivity (Wildman–Crippen MR) is 164 cm³/mol. The minimum atomic E-state index is -0.279. The molecule has 2 amide bonds. The number of amides is 2. The Morgan fingerprint density at radius 1 is 1.00 bits per heavy atom. The molecule has 4 atom stereocenters. The van der Waals surface area contributed by atoms with Gasteiger partial charge in [0.25, 0.3) is 0 Å². The second-order valence-corrected chi connectivity index (χ2v) is 12.7. The van der Waals surface area contributed by atoms with E-state index in [2.05, 4.69) is 43.0 Å². The molecule has 6 rings (SSSR count). The van der Waals surface area contributed by atoms with Crippen molar-refractivity contribution in [2.24, 2.45) is 17.8 Å². The number of fused-ring (bicyclic) bond motifs is 3. The van der Waals surface area contributed by atoms with Crippen molar-refractivity contribution >= 4 is 17.9 Å². The van der Waals surface area contributed by atoms with Gasteiger partial charge in [-0.1, -0.05) is 79.1 Å². The number of ether oxygens (including phenoxy) is 1. The second kappa shape index (κ2) is 12.6. The molecule has 42 heavy (non-hydrogen) atoms. The molecule has 3 heterocycles. The number of hydrogen-bond donors (Lipinski definition) is 1. The van der Waals surface area contributed by atoms with Crippen LogP contribution in [0.2, 0.25) is 0 Å². The topological polar surface area (TPSA) is 70.1 Å². The second-order valence-electron chi connectivity index (χ2n) is 12.7. The molecular formula is C36H44N2O4. The van der Waals surface area contributed by atoms with Gasteiger partial charge in [0.05, 0.1) is 24.5 Å². The summed E-state index contributed by atoms with van der Waals surface area (Å²) < 4.78 is 6.42. The molecule has 0 saturated carbocycles. The third-order valence-electron chi connectivity index (χ3n) is 9.90. The van der Waals surface area contributed by atoms with Crippen molar-refractivity contribution in [1.82, 2.24) is 9.80 Å². The van der Waals surface area contributed by atoms with Crippen LogP contribution in [0, 0.1) is 17.8 Å². The normalized spacial score (nSPS) is 27.1. The minimum Gasteiger partial charge on any atom is -0.507 e. The summed E-state index contributed by atoms with van der Waals surface area (Å²) in [6.07, 6.45) is 8.10. The maximum Gasteiger partial charge on any atom is 0.234 e. The van der Waals surface area contributed by atoms with E-state index in [0.717, 1.165) is 63.7 Å². The number of likely N-dealkylation sites (tertiary alicyclic amines) is 2. The highest BCUT2D eigenvalue weighted by Gasteiger charge is 2.58. The summed E-state index contributed by atoms with van der Waals surface area (Å²) in [4.78, 5) is 32.0. The largest absolute Gasteiger partial charge is 0.507 e. The van der Waals surface area contributed by atoms with E-state index < -0.39 is 0 Å². The van der Waals surface area contributed by atoms with Gasteiger partial charge in [-0.2, -0.15) is 0 Å². The van der Waals surface area contributed by atoms with E-state index in [4.69, 9.17) is 4.74 Å². The van der Waals surface area contributed by atoms with Gasteiger partial charge >= 0.3 is 0 Å². The van der Waals surface area contributed by atoms with Crippen molar-refractivity contribution in [1.29, 1.82) is 0 Å². The number of phenols is 1. The number of hydrogen-bond acceptors (Lipinski definition) is 5. The fourth-order valence-electron chi connectivity index (χ4n) is 7.88. The third kappa shape index (κ3) is 5.71. The predicted octanol–water partition coefficient (Wildman–Crippen LogP) is 6.36. The highest BCUT2D eigenvalue weighted by molar-refractivity contribution is 6.06. The summed E-state index contributed by atoms with van der Waals surface area (Å²) in [7, 11) is 0. The van der Waals surface area contributed by atoms with Crippen molar-refractivity contribution in [3.05, 3.63) is 82.4 Å². The van der Waals surface area contributed by atoms with Gasteiger partial charge in [-0.25, -0.2) is 0 Å². The van der Waals surface area contributed by atoms with Gasteiger partial charge in [0.15, 0.2) is 0 Å². The summed E-state index contributed by atoms with van der Waals surface area (Å²) in [6, 6.07) is 17.9. The van der Waals surface area contributed by atoms with Crippen LogP contribution in [0.3, 0.4) is 0 Å². The van der Waals surface area contributed by atoms with Crippen LogP contribution in [0.15, 0.2) is 71.3 Å². The number of piperidine rings is 1. The number of phenolic OH excluding ortho intramolecular Hbond substituents is 1. The van der Waals surface area contributed by atoms with Crippen molar-refractivity contribution in [2.45, 2.75) is 77.5 Å². The van der Waals surface area contributed by atoms with E-state index in [1.807, 2.05) is 30.3 Å². The number of benzene rings is 2. The number of para-hydroxylation sites is 1. The molecule has 2 aromatic rings.